The van der Waals surface area contributed by atoms with Gasteiger partial charge in [-0.15, -0.1) is 0 Å². The Labute approximate surface area is 221 Å². The fourth-order valence-electron chi connectivity index (χ4n) is 5.69. The number of piperidine rings is 1. The molecule has 0 radical (unpaired) electrons. The average molecular weight is 512 g/mol. The highest BCUT2D eigenvalue weighted by atomic mass is 19.1. The first-order valence-corrected chi connectivity index (χ1v) is 13.1. The Kier molecular flexibility index (Phi) is 6.49. The topological polar surface area (TPSA) is 72.1 Å². The number of hydrogen-bond donors (Lipinski definition) is 0. The summed E-state index contributed by atoms with van der Waals surface area (Å²) in [6, 6.07) is 14.8. The van der Waals surface area contributed by atoms with Crippen LogP contribution in [0.3, 0.4) is 0 Å². The van der Waals surface area contributed by atoms with Crippen molar-refractivity contribution in [2.45, 2.75) is 39.3 Å². The smallest absolute Gasteiger partial charge is 0.163 e. The fourth-order valence-corrected chi connectivity index (χ4v) is 5.69. The van der Waals surface area contributed by atoms with Crippen molar-refractivity contribution < 1.29 is 13.9 Å². The maximum atomic E-state index is 14.5. The number of ether oxygens (including phenoxy) is 1. The number of nitrogens with zero attached hydrogens (tertiary/aromatic N) is 5. The number of pyridine rings is 1. The van der Waals surface area contributed by atoms with Crippen molar-refractivity contribution in [2.24, 2.45) is 10.9 Å². The van der Waals surface area contributed by atoms with E-state index in [0.29, 0.717) is 36.4 Å². The molecule has 2 aromatic heterocycles. The molecule has 38 heavy (non-hydrogen) atoms. The Morgan fingerprint density at radius 1 is 1.18 bits per heavy atom. The van der Waals surface area contributed by atoms with E-state index in [-0.39, 0.29) is 17.5 Å². The van der Waals surface area contributed by atoms with Crippen molar-refractivity contribution in [3.05, 3.63) is 94.2 Å². The van der Waals surface area contributed by atoms with Gasteiger partial charge in [0.2, 0.25) is 0 Å². The van der Waals surface area contributed by atoms with Crippen LogP contribution in [0.2, 0.25) is 0 Å². The van der Waals surface area contributed by atoms with E-state index in [4.69, 9.17) is 9.73 Å². The molecule has 1 fully saturated rings. The van der Waals surface area contributed by atoms with Crippen LogP contribution in [0.1, 0.15) is 57.7 Å². The lowest BCUT2D eigenvalue weighted by atomic mass is 9.89. The second-order valence-electron chi connectivity index (χ2n) is 10.2. The van der Waals surface area contributed by atoms with Gasteiger partial charge in [-0.3, -0.25) is 14.7 Å². The Bertz CT molecular complexity index is 1560. The molecule has 194 valence electrons. The predicted octanol–water partition coefficient (Wildman–Crippen LogP) is 5.02. The number of carbonyl (C=O) groups excluding carboxylic acids is 1. The quantitative estimate of drug-likeness (QED) is 0.326. The van der Waals surface area contributed by atoms with Crippen LogP contribution in [0.15, 0.2) is 59.7 Å². The lowest BCUT2D eigenvalue weighted by Gasteiger charge is -2.33. The first-order valence-electron chi connectivity index (χ1n) is 13.1. The van der Waals surface area contributed by atoms with E-state index in [1.165, 1.54) is 6.07 Å². The van der Waals surface area contributed by atoms with Gasteiger partial charge in [0.25, 0.3) is 0 Å². The number of halogens is 1. The summed E-state index contributed by atoms with van der Waals surface area (Å²) in [5.74, 6) is 1.40. The summed E-state index contributed by atoms with van der Waals surface area (Å²) in [4.78, 5) is 24.8. The Hall–Kier alpha value is -3.91. The zero-order valence-electron chi connectivity index (χ0n) is 21.7. The molecule has 4 heterocycles. The van der Waals surface area contributed by atoms with E-state index < -0.39 is 0 Å². The number of rotatable bonds is 7. The molecular formula is C30H30FN5O2. The van der Waals surface area contributed by atoms with Gasteiger partial charge in [-0.2, -0.15) is 5.10 Å². The molecule has 2 aromatic carbocycles. The number of fused-ring (bicyclic) bond motifs is 2. The molecule has 0 N–H and O–H groups in total. The minimum Gasteiger partial charge on any atom is -0.496 e. The van der Waals surface area contributed by atoms with Crippen LogP contribution in [-0.2, 0) is 13.1 Å². The van der Waals surface area contributed by atoms with Crippen LogP contribution in [-0.4, -0.2) is 51.2 Å². The standard InChI is InChI=1S/C30H30FN5O2/c1-19-33-29-11-10-23(17-36(29)34-19)30-24-14-21(8-9-22(24)15-32-30)27(37)13-20-5-4-12-35(16-20)18-25-26(31)6-3-7-28(25)38-2/h3,6-11,14,17,20H,4-5,12-13,15-16,18H2,1-2H3/t20-/m0/s1. The second-order valence-corrected chi connectivity index (χ2v) is 10.2. The molecule has 2 aliphatic heterocycles. The average Bonchev–Trinajstić information content (AvgIpc) is 3.51. The van der Waals surface area contributed by atoms with Crippen LogP contribution in [0, 0.1) is 18.7 Å². The lowest BCUT2D eigenvalue weighted by molar-refractivity contribution is 0.0911. The summed E-state index contributed by atoms with van der Waals surface area (Å²) in [7, 11) is 1.57. The van der Waals surface area contributed by atoms with Crippen molar-refractivity contribution in [1.82, 2.24) is 19.5 Å². The SMILES string of the molecule is COc1cccc(F)c1CN1CCC[C@@H](CC(=O)c2ccc3c(c2)C(c2ccc4nc(C)nn4c2)=NC3)C1. The van der Waals surface area contributed by atoms with Gasteiger partial charge in [-0.1, -0.05) is 18.2 Å². The summed E-state index contributed by atoms with van der Waals surface area (Å²) in [6.45, 7) is 4.60. The number of likely N-dealkylation sites (tertiary alicyclic amines) is 1. The number of methoxy groups -OCH3 is 1. The van der Waals surface area contributed by atoms with Gasteiger partial charge in [0.15, 0.2) is 11.4 Å². The molecule has 6 rings (SSSR count). The third-order valence-corrected chi connectivity index (χ3v) is 7.56. The predicted molar refractivity (Wildman–Crippen MR) is 143 cm³/mol. The van der Waals surface area contributed by atoms with Crippen LogP contribution < -0.4 is 4.74 Å². The van der Waals surface area contributed by atoms with Crippen LogP contribution in [0.5, 0.6) is 5.75 Å². The van der Waals surface area contributed by atoms with E-state index >= 15 is 0 Å². The normalized spacial score (nSPS) is 17.4. The van der Waals surface area contributed by atoms with E-state index in [2.05, 4.69) is 15.0 Å². The number of hydrogen-bond acceptors (Lipinski definition) is 6. The van der Waals surface area contributed by atoms with Crippen LogP contribution in [0.25, 0.3) is 5.65 Å². The summed E-state index contributed by atoms with van der Waals surface area (Å²) in [6.07, 6.45) is 4.39. The lowest BCUT2D eigenvalue weighted by Crippen LogP contribution is -2.36. The van der Waals surface area contributed by atoms with E-state index in [1.807, 2.05) is 43.5 Å². The minimum absolute atomic E-state index is 0.136. The maximum absolute atomic E-state index is 14.5. The molecule has 4 aromatic rings. The molecular weight excluding hydrogens is 481 g/mol. The summed E-state index contributed by atoms with van der Waals surface area (Å²) in [5.41, 5.74) is 6.04. The van der Waals surface area contributed by atoms with Crippen molar-refractivity contribution in [3.63, 3.8) is 0 Å². The van der Waals surface area contributed by atoms with Gasteiger partial charge in [0.1, 0.15) is 17.4 Å². The van der Waals surface area contributed by atoms with E-state index in [0.717, 1.165) is 59.8 Å². The van der Waals surface area contributed by atoms with Gasteiger partial charge in [0, 0.05) is 48.0 Å². The number of aryl methyl sites for hydroxylation is 1. The van der Waals surface area contributed by atoms with E-state index in [9.17, 15) is 9.18 Å². The van der Waals surface area contributed by atoms with Crippen LogP contribution >= 0.6 is 0 Å². The number of ketones is 1. The molecule has 0 spiro atoms. The second kappa shape index (κ2) is 10.1. The zero-order valence-corrected chi connectivity index (χ0v) is 21.7. The molecule has 7 nitrogen and oxygen atoms in total. The highest BCUT2D eigenvalue weighted by Gasteiger charge is 2.26. The van der Waals surface area contributed by atoms with Crippen molar-refractivity contribution in [3.8, 4) is 5.75 Å². The Morgan fingerprint density at radius 2 is 2.08 bits per heavy atom. The van der Waals surface area contributed by atoms with Gasteiger partial charge >= 0.3 is 0 Å². The first kappa shape index (κ1) is 24.4. The van der Waals surface area contributed by atoms with Gasteiger partial charge < -0.3 is 4.74 Å². The summed E-state index contributed by atoms with van der Waals surface area (Å²) < 4.78 is 21.6. The third-order valence-electron chi connectivity index (χ3n) is 7.56. The maximum Gasteiger partial charge on any atom is 0.163 e. The number of benzene rings is 2. The first-order chi connectivity index (χ1) is 18.5. The van der Waals surface area contributed by atoms with Crippen molar-refractivity contribution in [2.75, 3.05) is 20.2 Å². The van der Waals surface area contributed by atoms with E-state index in [1.54, 1.807) is 23.8 Å². The third kappa shape index (κ3) is 4.72. The summed E-state index contributed by atoms with van der Waals surface area (Å²) >= 11 is 0. The Morgan fingerprint density at radius 3 is 2.95 bits per heavy atom. The molecule has 0 saturated carbocycles. The number of Topliss-reactive ketones (excluding diaryl/α,β-unsaturated/α-hetero) is 1. The number of aliphatic imine (C=N–C) groups is 1. The molecule has 0 amide bonds. The van der Waals surface area contributed by atoms with Gasteiger partial charge in [-0.05, 0) is 68.1 Å². The van der Waals surface area contributed by atoms with Crippen LogP contribution in [0.4, 0.5) is 4.39 Å². The molecule has 2 aliphatic rings. The fraction of sp³-hybridized carbons (Fsp3) is 0.333. The highest BCUT2D eigenvalue weighted by Crippen LogP contribution is 2.29. The van der Waals surface area contributed by atoms with Gasteiger partial charge in [-0.25, -0.2) is 13.9 Å². The number of aromatic nitrogens is 3. The van der Waals surface area contributed by atoms with Gasteiger partial charge in [0.05, 0.1) is 19.4 Å². The Balaban J connectivity index is 1.16. The minimum atomic E-state index is -0.253. The number of carbonyl (C=O) groups is 1. The molecule has 1 saturated heterocycles. The monoisotopic (exact) mass is 511 g/mol. The molecule has 0 aliphatic carbocycles. The highest BCUT2D eigenvalue weighted by molar-refractivity contribution is 6.16. The molecule has 1 atom stereocenters. The largest absolute Gasteiger partial charge is 0.496 e. The molecule has 0 unspecified atom stereocenters. The van der Waals surface area contributed by atoms with Crippen molar-refractivity contribution in [1.29, 1.82) is 0 Å². The summed E-state index contributed by atoms with van der Waals surface area (Å²) in [5, 5.41) is 4.42. The molecule has 8 heteroatoms. The molecule has 0 bridgehead atoms. The zero-order chi connectivity index (χ0) is 26.2. The van der Waals surface area contributed by atoms with Crippen molar-refractivity contribution >= 4 is 17.1 Å².